The van der Waals surface area contributed by atoms with Crippen LogP contribution in [0.25, 0.3) is 0 Å². The fraction of sp³-hybridized carbons (Fsp3) is 0.438. The summed E-state index contributed by atoms with van der Waals surface area (Å²) >= 11 is 1.36. The second-order valence-corrected chi connectivity index (χ2v) is 18.7. The van der Waals surface area contributed by atoms with E-state index in [0.717, 1.165) is 11.1 Å². The van der Waals surface area contributed by atoms with Crippen LogP contribution in [0.2, 0.25) is 0 Å². The Hall–Kier alpha value is -6.08. The highest BCUT2D eigenvalue weighted by molar-refractivity contribution is 8.00. The first-order chi connectivity index (χ1) is 31.5. The van der Waals surface area contributed by atoms with Crippen LogP contribution in [0.4, 0.5) is 10.6 Å². The van der Waals surface area contributed by atoms with Gasteiger partial charge in [0.2, 0.25) is 23.6 Å². The highest BCUT2D eigenvalue weighted by atomic mass is 32.2. The summed E-state index contributed by atoms with van der Waals surface area (Å²) in [5, 5.41) is 34.6. The topological polar surface area (TPSA) is 239 Å². The Kier molecular flexibility index (Phi) is 18.9. The van der Waals surface area contributed by atoms with Gasteiger partial charge in [-0.2, -0.15) is 4.98 Å². The van der Waals surface area contributed by atoms with Crippen molar-refractivity contribution < 1.29 is 43.7 Å². The van der Waals surface area contributed by atoms with E-state index in [1.807, 2.05) is 56.3 Å². The van der Waals surface area contributed by atoms with Gasteiger partial charge in [0.1, 0.15) is 41.2 Å². The summed E-state index contributed by atoms with van der Waals surface area (Å²) in [5.41, 5.74) is 0.259. The molecule has 0 radical (unpaired) electrons. The maximum Gasteiger partial charge on any atom is 0.407 e. The molecule has 0 spiro atoms. The minimum atomic E-state index is -1.39. The molecule has 354 valence electrons. The number of nitrogens with zero attached hydrogens (tertiary/aromatic N) is 2. The van der Waals surface area contributed by atoms with Crippen LogP contribution in [0, 0.1) is 5.92 Å². The molecule has 0 bridgehead atoms. The first kappa shape index (κ1) is 50.9. The summed E-state index contributed by atoms with van der Waals surface area (Å²) in [6.07, 6.45) is -1.42. The van der Waals surface area contributed by atoms with Gasteiger partial charge in [-0.05, 0) is 62.3 Å². The van der Waals surface area contributed by atoms with Crippen LogP contribution in [0.15, 0.2) is 108 Å². The number of thioether (sulfide) groups is 1. The van der Waals surface area contributed by atoms with Gasteiger partial charge >= 0.3 is 11.8 Å². The Labute approximate surface area is 388 Å². The number of carbonyl (C=O) groups excluding carboxylic acids is 5. The van der Waals surface area contributed by atoms with Crippen molar-refractivity contribution in [1.82, 2.24) is 30.8 Å². The van der Waals surface area contributed by atoms with Gasteiger partial charge in [-0.25, -0.2) is 9.59 Å². The number of alkyl carbamates (subject to hydrolysis) is 1. The lowest BCUT2D eigenvalue weighted by atomic mass is 9.98. The first-order valence-corrected chi connectivity index (χ1v) is 23.0. The van der Waals surface area contributed by atoms with Crippen molar-refractivity contribution >= 4 is 47.3 Å². The molecule has 2 heterocycles. The molecular formula is C48H61N7O10S. The standard InChI is InChI=1S/C48H61N7O10S/c1-30(2)23-35(43(59)51-37(26-33-19-13-8-14-20-33)45(61)53-39-21-22-55(46(62)54-39)41-29-66-42(28-56)64-41)50-44(60)36(25-32-17-11-7-12-18-32)49-40(58)27-38(57)34(24-31-15-9-6-10-16-31)52-47(63)65-48(3,4)5/h6-22,30,34-38,41-42,56-57H,23-29H2,1-5H3,(H,49,58)(H,50,60)(H,51,59)(H,52,63)(H,53,54,61,62)/t34-,35-,36-,37-,38+,41+,42-/m0/s1. The van der Waals surface area contributed by atoms with Crippen molar-refractivity contribution in [2.45, 2.75) is 114 Å². The summed E-state index contributed by atoms with van der Waals surface area (Å²) in [5.74, 6) is -2.44. The van der Waals surface area contributed by atoms with Crippen LogP contribution in [0.5, 0.6) is 0 Å². The van der Waals surface area contributed by atoms with Crippen LogP contribution >= 0.6 is 11.8 Å². The van der Waals surface area contributed by atoms with Gasteiger partial charge < -0.3 is 46.3 Å². The number of carbonyl (C=O) groups is 5. The Bertz CT molecular complexity index is 2280. The van der Waals surface area contributed by atoms with E-state index in [0.29, 0.717) is 11.3 Å². The maximum atomic E-state index is 14.3. The Morgan fingerprint density at radius 3 is 1.82 bits per heavy atom. The molecule has 1 fully saturated rings. The van der Waals surface area contributed by atoms with E-state index < -0.39 is 89.4 Å². The van der Waals surface area contributed by atoms with Gasteiger partial charge in [-0.3, -0.25) is 23.7 Å². The number of benzene rings is 3. The molecule has 1 saturated heterocycles. The molecule has 1 aromatic heterocycles. The molecule has 1 aliphatic rings. The first-order valence-electron chi connectivity index (χ1n) is 21.9. The highest BCUT2D eigenvalue weighted by Crippen LogP contribution is 2.30. The number of nitrogens with one attached hydrogen (secondary N) is 5. The van der Waals surface area contributed by atoms with Crippen molar-refractivity contribution in [3.05, 3.63) is 130 Å². The molecule has 1 aliphatic heterocycles. The van der Waals surface area contributed by atoms with E-state index in [2.05, 4.69) is 31.6 Å². The van der Waals surface area contributed by atoms with Crippen LogP contribution in [-0.4, -0.2) is 103 Å². The number of hydrogen-bond acceptors (Lipinski definition) is 12. The largest absolute Gasteiger partial charge is 0.444 e. The molecule has 7 N–H and O–H groups in total. The number of aliphatic hydroxyl groups excluding tert-OH is 2. The molecule has 0 saturated carbocycles. The predicted octanol–water partition coefficient (Wildman–Crippen LogP) is 3.64. The zero-order valence-corrected chi connectivity index (χ0v) is 38.7. The fourth-order valence-corrected chi connectivity index (χ4v) is 8.09. The van der Waals surface area contributed by atoms with Crippen LogP contribution < -0.4 is 32.3 Å². The predicted molar refractivity (Wildman–Crippen MR) is 250 cm³/mol. The van der Waals surface area contributed by atoms with Gasteiger partial charge in [-0.15, -0.1) is 11.8 Å². The Balaban J connectivity index is 1.32. The zero-order valence-electron chi connectivity index (χ0n) is 37.8. The van der Waals surface area contributed by atoms with Crippen molar-refractivity contribution in [2.24, 2.45) is 5.92 Å². The zero-order chi connectivity index (χ0) is 47.8. The summed E-state index contributed by atoms with van der Waals surface area (Å²) in [6, 6.07) is 24.0. The maximum absolute atomic E-state index is 14.3. The van der Waals surface area contributed by atoms with Gasteiger partial charge in [0.05, 0.1) is 25.2 Å². The van der Waals surface area contributed by atoms with Crippen LogP contribution in [0.3, 0.4) is 0 Å². The van der Waals surface area contributed by atoms with Gasteiger partial charge in [0.25, 0.3) is 0 Å². The SMILES string of the molecule is CC(C)C[C@H](NC(=O)[C@H](Cc1ccccc1)NC(=O)C[C@@H](O)[C@H](Cc1ccccc1)NC(=O)OC(C)(C)C)C(=O)N[C@@H](Cc1ccccc1)C(=O)Nc1ccn([C@H]2CS[C@@H](CO)O2)c(=O)n1. The summed E-state index contributed by atoms with van der Waals surface area (Å²) < 4.78 is 12.4. The van der Waals surface area contributed by atoms with Gasteiger partial charge in [-0.1, -0.05) is 105 Å². The summed E-state index contributed by atoms with van der Waals surface area (Å²) in [4.78, 5) is 86.0. The fourth-order valence-electron chi connectivity index (χ4n) is 7.16. The number of amides is 5. The third-order valence-corrected chi connectivity index (χ3v) is 11.4. The Morgan fingerprint density at radius 1 is 0.773 bits per heavy atom. The van der Waals surface area contributed by atoms with Crippen molar-refractivity contribution in [3.8, 4) is 0 Å². The molecule has 17 nitrogen and oxygen atoms in total. The summed E-state index contributed by atoms with van der Waals surface area (Å²) in [7, 11) is 0. The normalized spacial score (nSPS) is 17.1. The second-order valence-electron chi connectivity index (χ2n) is 17.5. The minimum absolute atomic E-state index is 0.0344. The molecular weight excluding hydrogens is 867 g/mol. The molecule has 0 unspecified atom stereocenters. The van der Waals surface area contributed by atoms with Crippen molar-refractivity contribution in [3.63, 3.8) is 0 Å². The molecule has 18 heteroatoms. The van der Waals surface area contributed by atoms with Crippen LogP contribution in [0.1, 0.15) is 70.4 Å². The third-order valence-electron chi connectivity index (χ3n) is 10.3. The van der Waals surface area contributed by atoms with E-state index in [9.17, 15) is 39.0 Å². The molecule has 3 aromatic carbocycles. The lowest BCUT2D eigenvalue weighted by molar-refractivity contribution is -0.133. The minimum Gasteiger partial charge on any atom is -0.444 e. The van der Waals surface area contributed by atoms with Crippen molar-refractivity contribution in [2.75, 3.05) is 17.7 Å². The Morgan fingerprint density at radius 2 is 1.30 bits per heavy atom. The smallest absolute Gasteiger partial charge is 0.407 e. The van der Waals surface area contributed by atoms with Crippen LogP contribution in [-0.2, 0) is 47.9 Å². The quantitative estimate of drug-likeness (QED) is 0.0635. The number of aromatic nitrogens is 2. The molecule has 0 aliphatic carbocycles. The molecule has 66 heavy (non-hydrogen) atoms. The average Bonchev–Trinajstić information content (AvgIpc) is 3.75. The molecule has 7 atom stereocenters. The van der Waals surface area contributed by atoms with E-state index >= 15 is 0 Å². The second kappa shape index (κ2) is 24.4. The molecule has 5 amide bonds. The van der Waals surface area contributed by atoms with Gasteiger partial charge in [0.15, 0.2) is 0 Å². The highest BCUT2D eigenvalue weighted by Gasteiger charge is 2.33. The number of aliphatic hydroxyl groups is 2. The van der Waals surface area contributed by atoms with Gasteiger partial charge in [0, 0.05) is 24.8 Å². The number of ether oxygens (including phenoxy) is 2. The van der Waals surface area contributed by atoms with E-state index in [4.69, 9.17) is 9.47 Å². The number of hydrogen-bond donors (Lipinski definition) is 7. The third kappa shape index (κ3) is 16.4. The molecule has 5 rings (SSSR count). The van der Waals surface area contributed by atoms with Crippen molar-refractivity contribution in [1.29, 1.82) is 0 Å². The lowest BCUT2D eigenvalue weighted by Crippen LogP contribution is -2.57. The number of rotatable bonds is 21. The molecule has 4 aromatic rings. The van der Waals surface area contributed by atoms with E-state index in [1.165, 1.54) is 28.6 Å². The van der Waals surface area contributed by atoms with E-state index in [-0.39, 0.29) is 44.0 Å². The summed E-state index contributed by atoms with van der Waals surface area (Å²) in [6.45, 7) is 8.66. The lowest BCUT2D eigenvalue weighted by Gasteiger charge is -2.28. The monoisotopic (exact) mass is 927 g/mol. The average molecular weight is 928 g/mol. The van der Waals surface area contributed by atoms with E-state index in [1.54, 1.807) is 69.3 Å². The number of anilines is 1.